The van der Waals surface area contributed by atoms with Crippen LogP contribution >= 0.6 is 0 Å². The van der Waals surface area contributed by atoms with Crippen molar-refractivity contribution in [2.75, 3.05) is 6.61 Å². The van der Waals surface area contributed by atoms with Gasteiger partial charge >= 0.3 is 46.9 Å². The molecule has 0 amide bonds. The van der Waals surface area contributed by atoms with E-state index in [9.17, 15) is 0 Å². The number of hydrogen-bond donors (Lipinski definition) is 0. The molecule has 0 saturated carbocycles. The Bertz CT molecular complexity index is 585. The maximum atomic E-state index is 5.15. The summed E-state index contributed by atoms with van der Waals surface area (Å²) in [5.41, 5.74) is 8.79. The first-order valence-electron chi connectivity index (χ1n) is 10.0. The molecule has 1 atom stereocenters. The van der Waals surface area contributed by atoms with Gasteiger partial charge in [0.1, 0.15) is 0 Å². The van der Waals surface area contributed by atoms with Gasteiger partial charge in [0.05, 0.1) is 6.10 Å². The molecular weight excluding hydrogens is 489 g/mol. The van der Waals surface area contributed by atoms with Gasteiger partial charge in [-0.3, -0.25) is 12.2 Å². The summed E-state index contributed by atoms with van der Waals surface area (Å²) in [7, 11) is 0. The minimum atomic E-state index is 0. The van der Waals surface area contributed by atoms with Crippen LogP contribution in [0.15, 0.2) is 33.4 Å². The van der Waals surface area contributed by atoms with E-state index < -0.39 is 0 Å². The molecule has 2 heteroatoms. The average molecular weight is 530 g/mol. The van der Waals surface area contributed by atoms with Crippen molar-refractivity contribution >= 4 is 0 Å². The number of ether oxygens (including phenoxy) is 1. The summed E-state index contributed by atoms with van der Waals surface area (Å²) < 4.78 is 5.15. The van der Waals surface area contributed by atoms with E-state index in [1.807, 2.05) is 0 Å². The zero-order chi connectivity index (χ0) is 20.3. The van der Waals surface area contributed by atoms with Crippen molar-refractivity contribution in [3.05, 3.63) is 45.6 Å². The summed E-state index contributed by atoms with van der Waals surface area (Å²) in [5, 5.41) is 0. The third-order valence-electron chi connectivity index (χ3n) is 6.28. The van der Waals surface area contributed by atoms with Crippen LogP contribution in [0.3, 0.4) is 0 Å². The second-order valence-corrected chi connectivity index (χ2v) is 9.07. The Hall–Kier alpha value is 0.439. The first kappa shape index (κ1) is 27.4. The molecule has 0 radical (unpaired) electrons. The summed E-state index contributed by atoms with van der Waals surface area (Å²) in [6.07, 6.45) is 9.95. The van der Waals surface area contributed by atoms with Crippen LogP contribution in [0.4, 0.5) is 0 Å². The van der Waals surface area contributed by atoms with Crippen LogP contribution in [0.1, 0.15) is 89.0 Å². The van der Waals surface area contributed by atoms with Crippen molar-refractivity contribution in [2.45, 2.75) is 95.1 Å². The maximum Gasteiger partial charge on any atom is 2.00 e. The summed E-state index contributed by atoms with van der Waals surface area (Å²) >= 11 is 0. The Morgan fingerprint density at radius 1 is 0.778 bits per heavy atom. The molecule has 3 aliphatic rings. The molecule has 0 aromatic carbocycles. The van der Waals surface area contributed by atoms with Crippen molar-refractivity contribution in [1.29, 1.82) is 0 Å². The van der Waals surface area contributed by atoms with Crippen molar-refractivity contribution in [3.63, 3.8) is 0 Å². The van der Waals surface area contributed by atoms with Gasteiger partial charge in [-0.15, -0.1) is 13.8 Å². The summed E-state index contributed by atoms with van der Waals surface area (Å²) in [5.74, 6) is 0. The monoisotopic (exact) mass is 530 g/mol. The predicted molar refractivity (Wildman–Crippen MR) is 114 cm³/mol. The minimum absolute atomic E-state index is 0. The molecule has 1 unspecified atom stereocenters. The van der Waals surface area contributed by atoms with Crippen molar-refractivity contribution in [1.82, 2.24) is 0 Å². The molecule has 0 bridgehead atoms. The molecule has 2 aliphatic carbocycles. The molecule has 0 aromatic rings. The van der Waals surface area contributed by atoms with Gasteiger partial charge in [0.25, 0.3) is 0 Å². The van der Waals surface area contributed by atoms with E-state index in [1.54, 1.807) is 0 Å². The van der Waals surface area contributed by atoms with Crippen LogP contribution < -0.4 is 0 Å². The zero-order valence-corrected chi connectivity index (χ0v) is 21.1. The fourth-order valence-corrected chi connectivity index (χ4v) is 3.55. The number of hydrogen-bond acceptors (Lipinski definition) is 1. The van der Waals surface area contributed by atoms with Gasteiger partial charge < -0.3 is 4.74 Å². The molecule has 0 N–H and O–H groups in total. The van der Waals surface area contributed by atoms with Gasteiger partial charge in [-0.2, -0.15) is 22.3 Å². The molecular formula is C25H40OYb. The van der Waals surface area contributed by atoms with Crippen LogP contribution in [0.2, 0.25) is 0 Å². The molecule has 1 saturated heterocycles. The molecule has 3 rings (SSSR count). The zero-order valence-electron chi connectivity index (χ0n) is 19.4. The molecule has 1 heterocycles. The number of rotatable bonds is 0. The molecule has 1 aliphatic heterocycles. The Labute approximate surface area is 208 Å². The van der Waals surface area contributed by atoms with E-state index in [2.05, 4.69) is 88.3 Å². The van der Waals surface area contributed by atoms with Crippen LogP contribution in [0, 0.1) is 69.9 Å². The van der Waals surface area contributed by atoms with Crippen LogP contribution in [0.25, 0.3) is 0 Å². The standard InChI is InChI=1S/2C10H15.C5H10O.Yb/c2*1-7-6-10(4,5)9(3)8(7)2;1-5-3-2-4-6-5;/h2*1-5H3;5H,2-4H2,1H3;/q2*-1;;+2. The van der Waals surface area contributed by atoms with E-state index >= 15 is 0 Å². The van der Waals surface area contributed by atoms with Gasteiger partial charge in [-0.25, -0.2) is 11.1 Å². The Morgan fingerprint density at radius 2 is 1.15 bits per heavy atom. The Balaban J connectivity index is 0.000000380. The van der Waals surface area contributed by atoms with E-state index in [4.69, 9.17) is 4.74 Å². The Morgan fingerprint density at radius 3 is 1.22 bits per heavy atom. The molecule has 160 valence electrons. The van der Waals surface area contributed by atoms with Crippen molar-refractivity contribution in [3.8, 4) is 0 Å². The van der Waals surface area contributed by atoms with E-state index in [-0.39, 0.29) is 57.8 Å². The molecule has 1 fully saturated rings. The second kappa shape index (κ2) is 11.0. The van der Waals surface area contributed by atoms with Gasteiger partial charge in [0.2, 0.25) is 0 Å². The molecule has 27 heavy (non-hydrogen) atoms. The minimum Gasteiger partial charge on any atom is -0.379 e. The molecule has 0 spiro atoms. The largest absolute Gasteiger partial charge is 2.00 e. The van der Waals surface area contributed by atoms with Crippen LogP contribution in [-0.4, -0.2) is 12.7 Å². The topological polar surface area (TPSA) is 9.23 Å². The molecule has 1 nitrogen and oxygen atoms in total. The first-order valence-corrected chi connectivity index (χ1v) is 10.0. The van der Waals surface area contributed by atoms with Gasteiger partial charge in [-0.05, 0) is 19.8 Å². The van der Waals surface area contributed by atoms with Gasteiger partial charge in [0, 0.05) is 6.61 Å². The van der Waals surface area contributed by atoms with E-state index in [1.165, 1.54) is 46.3 Å². The van der Waals surface area contributed by atoms with E-state index in [0.717, 1.165) is 6.61 Å². The summed E-state index contributed by atoms with van der Waals surface area (Å²) in [4.78, 5) is 0. The molecule has 0 aromatic heterocycles. The first-order chi connectivity index (χ1) is 11.8. The quantitative estimate of drug-likeness (QED) is 0.297. The summed E-state index contributed by atoms with van der Waals surface area (Å²) in [6, 6.07) is 0. The normalized spacial score (nSPS) is 25.1. The average Bonchev–Trinajstić information content (AvgIpc) is 3.13. The van der Waals surface area contributed by atoms with Gasteiger partial charge in [-0.1, -0.05) is 66.2 Å². The van der Waals surface area contributed by atoms with Crippen molar-refractivity contribution in [2.24, 2.45) is 10.8 Å². The summed E-state index contributed by atoms with van der Waals surface area (Å²) in [6.45, 7) is 24.9. The van der Waals surface area contributed by atoms with Crippen molar-refractivity contribution < 1.29 is 51.7 Å². The van der Waals surface area contributed by atoms with Gasteiger partial charge in [0.15, 0.2) is 0 Å². The van der Waals surface area contributed by atoms with E-state index in [0.29, 0.717) is 6.10 Å². The predicted octanol–water partition coefficient (Wildman–Crippen LogP) is 7.41. The third-order valence-corrected chi connectivity index (χ3v) is 6.28. The maximum absolute atomic E-state index is 5.15. The fraction of sp³-hybridized carbons (Fsp3) is 0.680. The smallest absolute Gasteiger partial charge is 0.379 e. The SMILES string of the molecule is CC1=[C-]C(C)(C)C(C)=C1C.CC1=[C-]C(C)(C)C(C)=C1C.CC1CCCO1.[Yb+2]. The second-order valence-electron chi connectivity index (χ2n) is 9.07. The Kier molecular flexibility index (Phi) is 11.2. The fourth-order valence-electron chi connectivity index (χ4n) is 3.55. The van der Waals surface area contributed by atoms with Crippen LogP contribution in [-0.2, 0) is 4.74 Å². The van der Waals surface area contributed by atoms with Crippen LogP contribution in [0.5, 0.6) is 0 Å². The number of allylic oxidation sites excluding steroid dienone is 8. The third kappa shape index (κ3) is 7.65.